The summed E-state index contributed by atoms with van der Waals surface area (Å²) in [6.07, 6.45) is 0.793. The maximum Gasteiger partial charge on any atom is 0.257 e. The van der Waals surface area contributed by atoms with Gasteiger partial charge in [0.05, 0.1) is 12.7 Å². The van der Waals surface area contributed by atoms with Gasteiger partial charge in [-0.15, -0.1) is 0 Å². The average molecular weight is 332 g/mol. The van der Waals surface area contributed by atoms with E-state index in [-0.39, 0.29) is 17.2 Å². The highest BCUT2D eigenvalue weighted by Crippen LogP contribution is 2.23. The molecule has 2 rings (SSSR count). The zero-order chi connectivity index (χ0) is 17.9. The average Bonchev–Trinajstić information content (AvgIpc) is 2.78. The molecule has 5 heteroatoms. The number of aryl methyl sites for hydroxylation is 1. The van der Waals surface area contributed by atoms with E-state index < -0.39 is 0 Å². The Bertz CT molecular complexity index is 620. The number of nitrogens with zero attached hydrogens (tertiary/aromatic N) is 2. The normalized spacial score (nSPS) is 15.9. The molecule has 0 bridgehead atoms. The molecule has 1 aromatic rings. The number of benzene rings is 1. The standard InChI is InChI=1S/C19H28N2O3/c1-14-7-8-16(24-5)15(13-14)17(22)20-9-6-10-21(12-11-20)18(23)19(2,3)4/h7-8,13H,6,9-12H2,1-5H3. The van der Waals surface area contributed by atoms with Crippen LogP contribution >= 0.6 is 0 Å². The second-order valence-corrected chi connectivity index (χ2v) is 7.39. The van der Waals surface area contributed by atoms with Crippen molar-refractivity contribution in [3.8, 4) is 5.75 Å². The molecule has 1 aliphatic rings. The lowest BCUT2D eigenvalue weighted by Crippen LogP contribution is -2.42. The molecule has 0 atom stereocenters. The summed E-state index contributed by atoms with van der Waals surface area (Å²) in [5.41, 5.74) is 1.23. The fraction of sp³-hybridized carbons (Fsp3) is 0.579. The Hall–Kier alpha value is -2.04. The molecule has 2 amide bonds. The van der Waals surface area contributed by atoms with E-state index in [0.717, 1.165) is 12.0 Å². The molecule has 1 fully saturated rings. The van der Waals surface area contributed by atoms with E-state index in [1.165, 1.54) is 0 Å². The monoisotopic (exact) mass is 332 g/mol. The van der Waals surface area contributed by atoms with Crippen LogP contribution in [-0.4, -0.2) is 54.9 Å². The molecule has 0 aromatic heterocycles. The van der Waals surface area contributed by atoms with E-state index >= 15 is 0 Å². The van der Waals surface area contributed by atoms with Crippen LogP contribution in [-0.2, 0) is 4.79 Å². The SMILES string of the molecule is COc1ccc(C)cc1C(=O)N1CCCN(C(=O)C(C)(C)C)CC1. The zero-order valence-corrected chi connectivity index (χ0v) is 15.4. The topological polar surface area (TPSA) is 49.9 Å². The summed E-state index contributed by atoms with van der Waals surface area (Å²) >= 11 is 0. The molecule has 132 valence electrons. The molecule has 0 saturated carbocycles. The van der Waals surface area contributed by atoms with E-state index in [0.29, 0.717) is 37.5 Å². The summed E-state index contributed by atoms with van der Waals surface area (Å²) < 4.78 is 5.34. The first kappa shape index (κ1) is 18.3. The number of carbonyl (C=O) groups excluding carboxylic acids is 2. The number of amides is 2. The minimum Gasteiger partial charge on any atom is -0.496 e. The second-order valence-electron chi connectivity index (χ2n) is 7.39. The highest BCUT2D eigenvalue weighted by molar-refractivity contribution is 5.97. The van der Waals surface area contributed by atoms with Crippen molar-refractivity contribution in [3.63, 3.8) is 0 Å². The van der Waals surface area contributed by atoms with Gasteiger partial charge in [0.15, 0.2) is 0 Å². The second kappa shape index (κ2) is 7.24. The molecule has 24 heavy (non-hydrogen) atoms. The first-order valence-electron chi connectivity index (χ1n) is 8.47. The van der Waals surface area contributed by atoms with Crippen molar-refractivity contribution in [1.82, 2.24) is 9.80 Å². The molecule has 1 aliphatic heterocycles. The largest absolute Gasteiger partial charge is 0.496 e. The minimum atomic E-state index is -0.390. The van der Waals surface area contributed by atoms with Gasteiger partial charge in [0, 0.05) is 31.6 Å². The molecule has 0 N–H and O–H groups in total. The summed E-state index contributed by atoms with van der Waals surface area (Å²) in [7, 11) is 1.58. The van der Waals surface area contributed by atoms with Crippen molar-refractivity contribution in [2.24, 2.45) is 5.41 Å². The maximum atomic E-state index is 12.9. The van der Waals surface area contributed by atoms with Gasteiger partial charge in [-0.05, 0) is 25.5 Å². The fourth-order valence-electron chi connectivity index (χ4n) is 2.96. The van der Waals surface area contributed by atoms with Crippen LogP contribution < -0.4 is 4.74 Å². The van der Waals surface area contributed by atoms with Crippen LogP contribution in [0, 0.1) is 12.3 Å². The Morgan fingerprint density at radius 1 is 1.04 bits per heavy atom. The van der Waals surface area contributed by atoms with Gasteiger partial charge >= 0.3 is 0 Å². The van der Waals surface area contributed by atoms with Crippen LogP contribution in [0.2, 0.25) is 0 Å². The molecule has 0 spiro atoms. The molecule has 1 heterocycles. The summed E-state index contributed by atoms with van der Waals surface area (Å²) in [5, 5.41) is 0. The fourth-order valence-corrected chi connectivity index (χ4v) is 2.96. The van der Waals surface area contributed by atoms with Crippen molar-refractivity contribution in [1.29, 1.82) is 0 Å². The smallest absolute Gasteiger partial charge is 0.257 e. The van der Waals surface area contributed by atoms with Gasteiger partial charge in [-0.1, -0.05) is 32.4 Å². The third kappa shape index (κ3) is 4.08. The van der Waals surface area contributed by atoms with Crippen molar-refractivity contribution in [3.05, 3.63) is 29.3 Å². The van der Waals surface area contributed by atoms with Crippen LogP contribution in [0.15, 0.2) is 18.2 Å². The Balaban J connectivity index is 2.13. The Kier molecular flexibility index (Phi) is 5.52. The third-order valence-electron chi connectivity index (χ3n) is 4.30. The predicted octanol–water partition coefficient (Wildman–Crippen LogP) is 2.72. The first-order chi connectivity index (χ1) is 11.2. The highest BCUT2D eigenvalue weighted by atomic mass is 16.5. The zero-order valence-electron chi connectivity index (χ0n) is 15.4. The summed E-state index contributed by atoms with van der Waals surface area (Å²) in [6, 6.07) is 5.63. The van der Waals surface area contributed by atoms with E-state index in [4.69, 9.17) is 4.74 Å². The van der Waals surface area contributed by atoms with E-state index in [2.05, 4.69) is 0 Å². The van der Waals surface area contributed by atoms with Crippen LogP contribution in [0.25, 0.3) is 0 Å². The molecular weight excluding hydrogens is 304 g/mol. The molecule has 0 radical (unpaired) electrons. The van der Waals surface area contributed by atoms with Gasteiger partial charge in [0.25, 0.3) is 5.91 Å². The van der Waals surface area contributed by atoms with Gasteiger partial charge in [-0.25, -0.2) is 0 Å². The third-order valence-corrected chi connectivity index (χ3v) is 4.30. The van der Waals surface area contributed by atoms with Crippen LogP contribution in [0.1, 0.15) is 43.1 Å². The summed E-state index contributed by atoms with van der Waals surface area (Å²) in [4.78, 5) is 29.1. The lowest BCUT2D eigenvalue weighted by Gasteiger charge is -2.28. The van der Waals surface area contributed by atoms with Gasteiger partial charge in [0.1, 0.15) is 5.75 Å². The Morgan fingerprint density at radius 2 is 1.67 bits per heavy atom. The lowest BCUT2D eigenvalue weighted by molar-refractivity contribution is -0.139. The van der Waals surface area contributed by atoms with Gasteiger partial charge < -0.3 is 14.5 Å². The van der Waals surface area contributed by atoms with E-state index in [1.807, 2.05) is 55.7 Å². The Morgan fingerprint density at radius 3 is 2.29 bits per heavy atom. The quantitative estimate of drug-likeness (QED) is 0.837. The first-order valence-corrected chi connectivity index (χ1v) is 8.47. The maximum absolute atomic E-state index is 12.9. The minimum absolute atomic E-state index is 0.0272. The molecule has 1 saturated heterocycles. The van der Waals surface area contributed by atoms with Crippen molar-refractivity contribution in [2.75, 3.05) is 33.3 Å². The number of hydrogen-bond acceptors (Lipinski definition) is 3. The van der Waals surface area contributed by atoms with Crippen LogP contribution in [0.4, 0.5) is 0 Å². The predicted molar refractivity (Wildman–Crippen MR) is 94.3 cm³/mol. The highest BCUT2D eigenvalue weighted by Gasteiger charge is 2.30. The van der Waals surface area contributed by atoms with Gasteiger partial charge in [-0.2, -0.15) is 0 Å². The number of carbonyl (C=O) groups is 2. The van der Waals surface area contributed by atoms with Crippen molar-refractivity contribution in [2.45, 2.75) is 34.1 Å². The lowest BCUT2D eigenvalue weighted by atomic mass is 9.94. The number of ether oxygens (including phenoxy) is 1. The van der Waals surface area contributed by atoms with E-state index in [9.17, 15) is 9.59 Å². The summed E-state index contributed by atoms with van der Waals surface area (Å²) in [6.45, 7) is 10.2. The van der Waals surface area contributed by atoms with Crippen molar-refractivity contribution >= 4 is 11.8 Å². The number of methoxy groups -OCH3 is 1. The van der Waals surface area contributed by atoms with Crippen LogP contribution in [0.3, 0.4) is 0 Å². The molecular formula is C19H28N2O3. The molecule has 5 nitrogen and oxygen atoms in total. The van der Waals surface area contributed by atoms with E-state index in [1.54, 1.807) is 7.11 Å². The van der Waals surface area contributed by atoms with Crippen LogP contribution in [0.5, 0.6) is 5.75 Å². The van der Waals surface area contributed by atoms with Crippen molar-refractivity contribution < 1.29 is 14.3 Å². The molecule has 0 unspecified atom stereocenters. The Labute approximate surface area is 144 Å². The summed E-state index contributed by atoms with van der Waals surface area (Å²) in [5.74, 6) is 0.711. The molecule has 0 aliphatic carbocycles. The molecule has 1 aromatic carbocycles. The number of rotatable bonds is 2. The number of hydrogen-bond donors (Lipinski definition) is 0. The van der Waals surface area contributed by atoms with Gasteiger partial charge in [0.2, 0.25) is 5.91 Å². The van der Waals surface area contributed by atoms with Gasteiger partial charge in [-0.3, -0.25) is 9.59 Å².